The van der Waals surface area contributed by atoms with Crippen LogP contribution in [0.1, 0.15) is 12.0 Å². The molecule has 0 spiro atoms. The summed E-state index contributed by atoms with van der Waals surface area (Å²) in [5.74, 6) is -1.19. The number of esters is 2. The highest BCUT2D eigenvalue weighted by atomic mass is 35.5. The predicted molar refractivity (Wildman–Crippen MR) is 54.4 cm³/mol. The molecule has 1 unspecified atom stereocenters. The van der Waals surface area contributed by atoms with Crippen LogP contribution in [-0.4, -0.2) is 16.8 Å². The number of cyclic esters (lactones) is 2. The molecule has 2 rings (SSSR count). The lowest BCUT2D eigenvalue weighted by Gasteiger charge is -2.14. The Hall–Kier alpha value is -1.35. The zero-order valence-electron chi connectivity index (χ0n) is 7.90. The molecule has 1 aromatic carbocycles. The van der Waals surface area contributed by atoms with Gasteiger partial charge in [-0.3, -0.25) is 4.79 Å². The number of ether oxygens (including phenoxy) is 1. The fourth-order valence-electron chi connectivity index (χ4n) is 1.59. The van der Waals surface area contributed by atoms with Crippen molar-refractivity contribution in [1.29, 1.82) is 0 Å². The van der Waals surface area contributed by atoms with Crippen molar-refractivity contribution < 1.29 is 14.3 Å². The number of hydrogen-bond acceptors (Lipinski definition) is 3. The third-order valence-corrected chi connectivity index (χ3v) is 2.75. The molecule has 15 heavy (non-hydrogen) atoms. The first kappa shape index (κ1) is 10.2. The monoisotopic (exact) mass is 224 g/mol. The van der Waals surface area contributed by atoms with E-state index in [1.165, 1.54) is 0 Å². The lowest BCUT2D eigenvalue weighted by molar-refractivity contribution is -0.152. The lowest BCUT2D eigenvalue weighted by atomic mass is 9.97. The van der Waals surface area contributed by atoms with E-state index in [4.69, 9.17) is 11.6 Å². The minimum Gasteiger partial charge on any atom is -0.392 e. The van der Waals surface area contributed by atoms with Gasteiger partial charge in [-0.05, 0) is 5.56 Å². The Morgan fingerprint density at radius 2 is 1.93 bits per heavy atom. The molecule has 3 nitrogen and oxygen atoms in total. The first-order valence-electron chi connectivity index (χ1n) is 4.58. The zero-order chi connectivity index (χ0) is 10.9. The van der Waals surface area contributed by atoms with Crippen molar-refractivity contribution >= 4 is 23.5 Å². The van der Waals surface area contributed by atoms with Gasteiger partial charge in [-0.25, -0.2) is 4.79 Å². The molecule has 0 amide bonds. The van der Waals surface area contributed by atoms with E-state index in [1.54, 1.807) is 0 Å². The third-order valence-electron chi connectivity index (χ3n) is 2.32. The second kappa shape index (κ2) is 3.66. The molecule has 4 heteroatoms. The molecular formula is C11H9ClO3. The minimum atomic E-state index is -1.21. The number of alkyl halides is 1. The van der Waals surface area contributed by atoms with E-state index in [0.717, 1.165) is 5.56 Å². The van der Waals surface area contributed by atoms with Crippen LogP contribution in [0.2, 0.25) is 0 Å². The highest BCUT2D eigenvalue weighted by molar-refractivity contribution is 6.37. The largest absolute Gasteiger partial charge is 0.392 e. The van der Waals surface area contributed by atoms with Crippen molar-refractivity contribution in [2.45, 2.75) is 17.7 Å². The van der Waals surface area contributed by atoms with Gasteiger partial charge in [0.25, 0.3) is 0 Å². The molecule has 78 valence electrons. The van der Waals surface area contributed by atoms with E-state index in [1.807, 2.05) is 30.3 Å². The van der Waals surface area contributed by atoms with Crippen LogP contribution >= 0.6 is 11.6 Å². The third kappa shape index (κ3) is 2.02. The Bertz CT molecular complexity index is 402. The molecule has 1 saturated heterocycles. The van der Waals surface area contributed by atoms with Crippen molar-refractivity contribution in [3.05, 3.63) is 35.9 Å². The smallest absolute Gasteiger partial charge is 0.335 e. The van der Waals surface area contributed by atoms with Crippen LogP contribution in [0.15, 0.2) is 30.3 Å². The second-order valence-electron chi connectivity index (χ2n) is 3.57. The zero-order valence-corrected chi connectivity index (χ0v) is 8.66. The lowest BCUT2D eigenvalue weighted by Crippen LogP contribution is -2.30. The average molecular weight is 225 g/mol. The molecule has 0 radical (unpaired) electrons. The number of halogens is 1. The summed E-state index contributed by atoms with van der Waals surface area (Å²) < 4.78 is 4.44. The van der Waals surface area contributed by atoms with Gasteiger partial charge in [0.15, 0.2) is 4.87 Å². The summed E-state index contributed by atoms with van der Waals surface area (Å²) in [4.78, 5) is 21.1. The second-order valence-corrected chi connectivity index (χ2v) is 4.29. The molecule has 1 heterocycles. The van der Waals surface area contributed by atoms with Gasteiger partial charge in [0.05, 0.1) is 6.42 Å². The van der Waals surface area contributed by atoms with Crippen molar-refractivity contribution in [3.63, 3.8) is 0 Å². The molecule has 0 aromatic heterocycles. The standard InChI is InChI=1S/C11H9ClO3/c12-11(7-9(13)15-10(11)14)6-8-4-2-1-3-5-8/h1-5H,6-7H2. The van der Waals surface area contributed by atoms with E-state index in [2.05, 4.69) is 4.74 Å². The van der Waals surface area contributed by atoms with Gasteiger partial charge in [-0.1, -0.05) is 30.3 Å². The summed E-state index contributed by atoms with van der Waals surface area (Å²) in [6.45, 7) is 0. The Kier molecular flexibility index (Phi) is 2.49. The maximum absolute atomic E-state index is 11.3. The molecule has 1 aliphatic rings. The van der Waals surface area contributed by atoms with Gasteiger partial charge in [0.1, 0.15) is 0 Å². The molecule has 0 N–H and O–H groups in total. The summed E-state index contributed by atoms with van der Waals surface area (Å²) in [6.07, 6.45) is 0.266. The molecule has 1 fully saturated rings. The Labute approximate surface area is 92.0 Å². The van der Waals surface area contributed by atoms with Crippen LogP contribution in [0, 0.1) is 0 Å². The number of benzene rings is 1. The minimum absolute atomic E-state index is 0.0533. The van der Waals surface area contributed by atoms with Crippen molar-refractivity contribution in [1.82, 2.24) is 0 Å². The van der Waals surface area contributed by atoms with Crippen LogP contribution in [0.25, 0.3) is 0 Å². The Balaban J connectivity index is 2.18. The van der Waals surface area contributed by atoms with Crippen LogP contribution in [0.5, 0.6) is 0 Å². The molecular weight excluding hydrogens is 216 g/mol. The van der Waals surface area contributed by atoms with Crippen LogP contribution in [-0.2, 0) is 20.7 Å². The Morgan fingerprint density at radius 1 is 1.27 bits per heavy atom. The quantitative estimate of drug-likeness (QED) is 0.436. The maximum Gasteiger partial charge on any atom is 0.335 e. The van der Waals surface area contributed by atoms with Crippen LogP contribution in [0.4, 0.5) is 0 Å². The number of rotatable bonds is 2. The first-order valence-corrected chi connectivity index (χ1v) is 4.96. The summed E-state index contributed by atoms with van der Waals surface area (Å²) in [6, 6.07) is 9.32. The van der Waals surface area contributed by atoms with Gasteiger partial charge >= 0.3 is 11.9 Å². The van der Waals surface area contributed by atoms with Gasteiger partial charge in [-0.2, -0.15) is 0 Å². The number of hydrogen-bond donors (Lipinski definition) is 0. The van der Waals surface area contributed by atoms with Crippen molar-refractivity contribution in [2.75, 3.05) is 0 Å². The predicted octanol–water partition coefficient (Wildman–Crippen LogP) is 1.68. The van der Waals surface area contributed by atoms with Gasteiger partial charge < -0.3 is 4.74 Å². The molecule has 1 aromatic rings. The summed E-state index contributed by atoms with van der Waals surface area (Å²) in [7, 11) is 0. The molecule has 0 saturated carbocycles. The van der Waals surface area contributed by atoms with E-state index in [-0.39, 0.29) is 6.42 Å². The van der Waals surface area contributed by atoms with Gasteiger partial charge in [-0.15, -0.1) is 11.6 Å². The average Bonchev–Trinajstić information content (AvgIpc) is 2.41. The molecule has 0 bridgehead atoms. The SMILES string of the molecule is O=C1CC(Cl)(Cc2ccccc2)C(=O)O1. The Morgan fingerprint density at radius 3 is 2.47 bits per heavy atom. The molecule has 1 aliphatic heterocycles. The normalized spacial score (nSPS) is 25.4. The van der Waals surface area contributed by atoms with Crippen molar-refractivity contribution in [3.8, 4) is 0 Å². The maximum atomic E-state index is 11.3. The number of carbonyl (C=O) groups excluding carboxylic acids is 2. The molecule has 1 atom stereocenters. The van der Waals surface area contributed by atoms with E-state index >= 15 is 0 Å². The molecule has 0 aliphatic carbocycles. The van der Waals surface area contributed by atoms with E-state index in [9.17, 15) is 9.59 Å². The summed E-state index contributed by atoms with van der Waals surface area (Å²) in [5.41, 5.74) is 0.916. The van der Waals surface area contributed by atoms with Crippen LogP contribution < -0.4 is 0 Å². The van der Waals surface area contributed by atoms with Gasteiger partial charge in [0.2, 0.25) is 0 Å². The van der Waals surface area contributed by atoms with E-state index < -0.39 is 16.8 Å². The first-order chi connectivity index (χ1) is 7.10. The van der Waals surface area contributed by atoms with Gasteiger partial charge in [0, 0.05) is 6.42 Å². The fourth-order valence-corrected chi connectivity index (χ4v) is 1.89. The fraction of sp³-hybridized carbons (Fsp3) is 0.273. The summed E-state index contributed by atoms with van der Waals surface area (Å²) in [5, 5.41) is 0. The van der Waals surface area contributed by atoms with Crippen molar-refractivity contribution in [2.24, 2.45) is 0 Å². The topological polar surface area (TPSA) is 43.4 Å². The van der Waals surface area contributed by atoms with Crippen LogP contribution in [0.3, 0.4) is 0 Å². The summed E-state index contributed by atoms with van der Waals surface area (Å²) >= 11 is 6.06. The number of carbonyl (C=O) groups is 2. The highest BCUT2D eigenvalue weighted by Crippen LogP contribution is 2.32. The highest BCUT2D eigenvalue weighted by Gasteiger charge is 2.47. The van der Waals surface area contributed by atoms with E-state index in [0.29, 0.717) is 6.42 Å².